The van der Waals surface area contributed by atoms with E-state index in [1.165, 1.54) is 62.6 Å². The molecule has 2 aliphatic heterocycles. The maximum Gasteiger partial charge on any atom is 0.255 e. The van der Waals surface area contributed by atoms with E-state index in [4.69, 9.17) is 0 Å². The van der Waals surface area contributed by atoms with Gasteiger partial charge in [-0.15, -0.1) is 0 Å². The summed E-state index contributed by atoms with van der Waals surface area (Å²) in [5.74, 6) is 0.478. The molecule has 1 unspecified atom stereocenters. The number of hydrogen-bond donors (Lipinski definition) is 2. The Bertz CT molecular complexity index is 1190. The topological polar surface area (TPSA) is 91.4 Å². The Labute approximate surface area is 224 Å². The zero-order valence-electron chi connectivity index (χ0n) is 22.0. The molecular weight excluding hydrogens is 476 g/mol. The van der Waals surface area contributed by atoms with E-state index in [0.717, 1.165) is 12.0 Å². The van der Waals surface area contributed by atoms with Gasteiger partial charge in [0.2, 0.25) is 11.8 Å². The van der Waals surface area contributed by atoms with Crippen molar-refractivity contribution in [3.8, 4) is 0 Å². The molecule has 2 N–H and O–H groups in total. The van der Waals surface area contributed by atoms with Gasteiger partial charge in [0.15, 0.2) is 0 Å². The van der Waals surface area contributed by atoms with Crippen LogP contribution in [0, 0.1) is 5.92 Å². The van der Waals surface area contributed by atoms with E-state index in [2.05, 4.69) is 39.9 Å². The number of benzene rings is 1. The van der Waals surface area contributed by atoms with E-state index in [1.807, 2.05) is 18.3 Å². The third-order valence-corrected chi connectivity index (χ3v) is 9.28. The highest BCUT2D eigenvalue weighted by Gasteiger charge is 2.39. The number of carbonyl (C=O) groups is 3. The fourth-order valence-corrected chi connectivity index (χ4v) is 7.20. The summed E-state index contributed by atoms with van der Waals surface area (Å²) in [6.07, 6.45) is 13.5. The molecule has 2 aliphatic carbocycles. The van der Waals surface area contributed by atoms with Crippen molar-refractivity contribution in [1.29, 1.82) is 0 Å². The van der Waals surface area contributed by atoms with Crippen molar-refractivity contribution in [2.75, 3.05) is 0 Å². The van der Waals surface area contributed by atoms with Gasteiger partial charge in [-0.2, -0.15) is 0 Å². The molecule has 1 aromatic carbocycles. The zero-order chi connectivity index (χ0) is 26.1. The summed E-state index contributed by atoms with van der Waals surface area (Å²) in [5, 5.41) is 6.45. The molecule has 0 spiro atoms. The van der Waals surface area contributed by atoms with Gasteiger partial charge in [-0.3, -0.25) is 24.7 Å². The van der Waals surface area contributed by atoms with E-state index in [1.54, 1.807) is 4.90 Å². The molecule has 3 amide bonds. The Kier molecular flexibility index (Phi) is 7.28. The number of nitrogens with one attached hydrogen (secondary N) is 2. The van der Waals surface area contributed by atoms with Crippen LogP contribution in [-0.4, -0.2) is 45.7 Å². The molecule has 6 rings (SSSR count). The van der Waals surface area contributed by atoms with Crippen LogP contribution in [0.4, 0.5) is 0 Å². The van der Waals surface area contributed by atoms with Crippen LogP contribution in [0.25, 0.3) is 0 Å². The van der Waals surface area contributed by atoms with E-state index in [9.17, 15) is 14.4 Å². The second-order valence-electron chi connectivity index (χ2n) is 11.7. The zero-order valence-corrected chi connectivity index (χ0v) is 22.0. The van der Waals surface area contributed by atoms with E-state index in [-0.39, 0.29) is 24.1 Å². The van der Waals surface area contributed by atoms with Gasteiger partial charge in [0.1, 0.15) is 6.04 Å². The van der Waals surface area contributed by atoms with Crippen LogP contribution in [0.3, 0.4) is 0 Å². The number of pyridine rings is 1. The summed E-state index contributed by atoms with van der Waals surface area (Å²) in [6.45, 7) is 0.445. The number of amides is 3. The lowest BCUT2D eigenvalue weighted by molar-refractivity contribution is -0.136. The van der Waals surface area contributed by atoms with Crippen LogP contribution in [0.2, 0.25) is 0 Å². The molecule has 0 bridgehead atoms. The minimum absolute atomic E-state index is 0.0976. The third kappa shape index (κ3) is 5.26. The van der Waals surface area contributed by atoms with Crippen LogP contribution in [-0.2, 0) is 22.6 Å². The number of piperidine rings is 1. The van der Waals surface area contributed by atoms with E-state index < -0.39 is 6.04 Å². The lowest BCUT2D eigenvalue weighted by Crippen LogP contribution is -2.52. The highest BCUT2D eigenvalue weighted by molar-refractivity contribution is 6.05. The summed E-state index contributed by atoms with van der Waals surface area (Å²) < 4.78 is 0. The third-order valence-electron chi connectivity index (χ3n) is 9.28. The van der Waals surface area contributed by atoms with Crippen molar-refractivity contribution in [3.63, 3.8) is 0 Å². The lowest BCUT2D eigenvalue weighted by Gasteiger charge is -2.38. The summed E-state index contributed by atoms with van der Waals surface area (Å²) in [4.78, 5) is 43.2. The molecule has 200 valence electrons. The normalized spacial score (nSPS) is 29.7. The van der Waals surface area contributed by atoms with Gasteiger partial charge < -0.3 is 10.2 Å². The number of rotatable bonds is 6. The van der Waals surface area contributed by atoms with Gasteiger partial charge >= 0.3 is 0 Å². The Morgan fingerprint density at radius 1 is 0.947 bits per heavy atom. The van der Waals surface area contributed by atoms with Gasteiger partial charge in [0.05, 0.1) is 0 Å². The average Bonchev–Trinajstić information content (AvgIpc) is 3.26. The van der Waals surface area contributed by atoms with E-state index >= 15 is 0 Å². The largest absolute Gasteiger partial charge is 0.322 e. The fraction of sp³-hybridized carbons (Fsp3) is 0.548. The van der Waals surface area contributed by atoms with Gasteiger partial charge in [0, 0.05) is 48.4 Å². The van der Waals surface area contributed by atoms with Crippen molar-refractivity contribution >= 4 is 17.7 Å². The Balaban J connectivity index is 1.07. The molecule has 7 heteroatoms. The van der Waals surface area contributed by atoms with Crippen molar-refractivity contribution < 1.29 is 14.4 Å². The van der Waals surface area contributed by atoms with Gasteiger partial charge in [-0.25, -0.2) is 0 Å². The molecule has 2 aromatic rings. The quantitative estimate of drug-likeness (QED) is 0.562. The van der Waals surface area contributed by atoms with Crippen LogP contribution in [0.5, 0.6) is 0 Å². The van der Waals surface area contributed by atoms with Crippen LogP contribution >= 0.6 is 0 Å². The monoisotopic (exact) mass is 514 g/mol. The SMILES string of the molecule is O=C1CCC(N2Cc3cc(C[C@H]4CCCC[C@@H]4NC4CCC(c5ccccn5)CC4)ccc3C2=O)C(=O)N1. The first kappa shape index (κ1) is 25.2. The highest BCUT2D eigenvalue weighted by atomic mass is 16.2. The summed E-state index contributed by atoms with van der Waals surface area (Å²) >= 11 is 0. The molecule has 2 saturated carbocycles. The van der Waals surface area contributed by atoms with Gasteiger partial charge in [-0.05, 0) is 86.6 Å². The second kappa shape index (κ2) is 11.0. The number of imide groups is 1. The summed E-state index contributed by atoms with van der Waals surface area (Å²) in [5.41, 5.74) is 4.22. The van der Waals surface area contributed by atoms with Crippen LogP contribution in [0.1, 0.15) is 97.3 Å². The first-order valence-electron chi connectivity index (χ1n) is 14.5. The van der Waals surface area contributed by atoms with Gasteiger partial charge in [-0.1, -0.05) is 31.0 Å². The summed E-state index contributed by atoms with van der Waals surface area (Å²) in [6, 6.07) is 13.1. The molecule has 38 heavy (non-hydrogen) atoms. The molecule has 1 aromatic heterocycles. The molecule has 3 heterocycles. The predicted molar refractivity (Wildman–Crippen MR) is 144 cm³/mol. The van der Waals surface area contributed by atoms with E-state index in [0.29, 0.717) is 42.4 Å². The Hall–Kier alpha value is -3.06. The van der Waals surface area contributed by atoms with Crippen molar-refractivity contribution in [1.82, 2.24) is 20.5 Å². The number of aromatic nitrogens is 1. The number of hydrogen-bond acceptors (Lipinski definition) is 5. The molecule has 7 nitrogen and oxygen atoms in total. The molecular formula is C31H38N4O3. The van der Waals surface area contributed by atoms with Crippen LogP contribution < -0.4 is 10.6 Å². The number of nitrogens with zero attached hydrogens (tertiary/aromatic N) is 2. The molecule has 3 atom stereocenters. The molecule has 4 aliphatic rings. The number of carbonyl (C=O) groups excluding carboxylic acids is 3. The molecule has 3 fully saturated rings. The number of fused-ring (bicyclic) bond motifs is 1. The standard InChI is InChI=1S/C31H38N4O3/c36-29-15-14-28(30(37)34-29)35-19-23-18-20(8-13-25(23)31(35)38)17-22-5-1-2-7-27(22)33-24-11-9-21(10-12-24)26-6-3-4-16-32-26/h3-4,6,8,13,16,18,21-22,24,27-28,33H,1-2,5,7,9-12,14-15,17,19H2,(H,34,36,37)/t21?,22-,24?,27+,28?/m1/s1. The maximum absolute atomic E-state index is 13.1. The molecule has 0 radical (unpaired) electrons. The maximum atomic E-state index is 13.1. The van der Waals surface area contributed by atoms with Crippen molar-refractivity contribution in [2.45, 2.75) is 101 Å². The highest BCUT2D eigenvalue weighted by Crippen LogP contribution is 2.35. The van der Waals surface area contributed by atoms with Crippen molar-refractivity contribution in [2.24, 2.45) is 5.92 Å². The first-order chi connectivity index (χ1) is 18.5. The first-order valence-corrected chi connectivity index (χ1v) is 14.5. The summed E-state index contributed by atoms with van der Waals surface area (Å²) in [7, 11) is 0. The predicted octanol–water partition coefficient (Wildman–Crippen LogP) is 4.26. The van der Waals surface area contributed by atoms with Crippen LogP contribution in [0.15, 0.2) is 42.6 Å². The Morgan fingerprint density at radius 3 is 2.58 bits per heavy atom. The molecule has 1 saturated heterocycles. The fourth-order valence-electron chi connectivity index (χ4n) is 7.20. The van der Waals surface area contributed by atoms with Crippen molar-refractivity contribution in [3.05, 3.63) is 65.0 Å². The average molecular weight is 515 g/mol. The minimum Gasteiger partial charge on any atom is -0.322 e. The second-order valence-corrected chi connectivity index (χ2v) is 11.7. The Morgan fingerprint density at radius 2 is 1.79 bits per heavy atom. The smallest absolute Gasteiger partial charge is 0.255 e. The minimum atomic E-state index is -0.560. The lowest BCUT2D eigenvalue weighted by atomic mass is 9.78. The van der Waals surface area contributed by atoms with Gasteiger partial charge in [0.25, 0.3) is 5.91 Å².